The van der Waals surface area contributed by atoms with Crippen LogP contribution in [0.3, 0.4) is 0 Å². The summed E-state index contributed by atoms with van der Waals surface area (Å²) in [6.07, 6.45) is 0. The zero-order chi connectivity index (χ0) is 12.9. The summed E-state index contributed by atoms with van der Waals surface area (Å²) >= 11 is 0. The molecule has 0 saturated heterocycles. The number of hydrogen-bond donors (Lipinski definition) is 0. The molecular weight excluding hydrogens is 316 g/mol. The van der Waals surface area contributed by atoms with Crippen molar-refractivity contribution < 1.29 is 93.0 Å². The van der Waals surface area contributed by atoms with Gasteiger partial charge in [0.2, 0.25) is 0 Å². The molecule has 0 aromatic heterocycles. The maximum Gasteiger partial charge on any atom is 1.00 e. The van der Waals surface area contributed by atoms with Gasteiger partial charge in [-0.25, -0.2) is 0 Å². The topological polar surface area (TPSA) is 0 Å². The van der Waals surface area contributed by atoms with Crippen molar-refractivity contribution in [1.29, 1.82) is 0 Å². The Morgan fingerprint density at radius 3 is 0.864 bits per heavy atom. The Morgan fingerprint density at radius 1 is 0.409 bits per heavy atom. The summed E-state index contributed by atoms with van der Waals surface area (Å²) in [5.41, 5.74) is 0. The third-order valence-electron chi connectivity index (χ3n) is 3.04. The van der Waals surface area contributed by atoms with Gasteiger partial charge in [-0.15, -0.1) is 0 Å². The normalized spacial score (nSPS) is 9.14. The van der Waals surface area contributed by atoms with Crippen molar-refractivity contribution in [3.63, 3.8) is 0 Å². The third kappa shape index (κ3) is 6.19. The van der Waals surface area contributed by atoms with Crippen LogP contribution in [-0.2, 0) is 0 Å². The molecule has 0 nitrogen and oxygen atoms in total. The van der Waals surface area contributed by atoms with Gasteiger partial charge in [0.05, 0.1) is 0 Å². The molecule has 0 heterocycles. The van der Waals surface area contributed by atoms with Crippen molar-refractivity contribution in [3.05, 3.63) is 91.0 Å². The molecule has 0 radical (unpaired) electrons. The molecule has 22 heavy (non-hydrogen) atoms. The van der Waals surface area contributed by atoms with E-state index in [2.05, 4.69) is 91.0 Å². The number of rotatable bonds is 3. The minimum atomic E-state index is -0.446. The first-order valence-electron chi connectivity index (χ1n) is 6.40. The van der Waals surface area contributed by atoms with Gasteiger partial charge in [0.1, 0.15) is 0 Å². The van der Waals surface area contributed by atoms with E-state index in [1.807, 2.05) is 0 Å². The van der Waals surface area contributed by atoms with Crippen LogP contribution in [0.4, 0.5) is 0 Å². The summed E-state index contributed by atoms with van der Waals surface area (Å²) in [7, 11) is -0.446. The van der Waals surface area contributed by atoms with Gasteiger partial charge in [-0.2, -0.15) is 0 Å². The molecule has 0 aliphatic rings. The van der Waals surface area contributed by atoms with Gasteiger partial charge < -0.3 is 4.28 Å². The standard InChI is InChI=1S/C18H15P.3Na.3H/c1-4-10-16(11-5-1)19(17-12-6-2-7-13-17)18-14-8-3-9-15-18;;;;;;/h1-15H;;;;;;/q;3*+1;3*-1. The van der Waals surface area contributed by atoms with E-state index in [-0.39, 0.29) is 93.0 Å². The Hall–Kier alpha value is 1.09. The molecule has 0 bridgehead atoms. The molecule has 0 atom stereocenters. The summed E-state index contributed by atoms with van der Waals surface area (Å²) in [5, 5.41) is 4.19. The smallest absolute Gasteiger partial charge is 1.00 e. The second-order valence-corrected chi connectivity index (χ2v) is 6.56. The minimum Gasteiger partial charge on any atom is -1.00 e. The number of benzene rings is 3. The van der Waals surface area contributed by atoms with E-state index in [0.29, 0.717) is 0 Å². The van der Waals surface area contributed by atoms with Crippen LogP contribution in [0.1, 0.15) is 4.28 Å². The van der Waals surface area contributed by atoms with Gasteiger partial charge in [-0.3, -0.25) is 0 Å². The van der Waals surface area contributed by atoms with Crippen molar-refractivity contribution >= 4 is 23.8 Å². The Bertz CT molecular complexity index is 550. The molecule has 0 N–H and O–H groups in total. The zero-order valence-electron chi connectivity index (χ0n) is 16.6. The van der Waals surface area contributed by atoms with Crippen LogP contribution < -0.4 is 105 Å². The average molecular weight is 334 g/mol. The molecule has 3 aromatic rings. The van der Waals surface area contributed by atoms with E-state index in [1.54, 1.807) is 0 Å². The summed E-state index contributed by atoms with van der Waals surface area (Å²) in [6, 6.07) is 32.3. The fourth-order valence-electron chi connectivity index (χ4n) is 2.18. The van der Waals surface area contributed by atoms with Crippen molar-refractivity contribution in [3.8, 4) is 0 Å². The first-order valence-corrected chi connectivity index (χ1v) is 7.74. The van der Waals surface area contributed by atoms with Crippen LogP contribution in [0.2, 0.25) is 0 Å². The fourth-order valence-corrected chi connectivity index (χ4v) is 4.48. The van der Waals surface area contributed by atoms with Crippen molar-refractivity contribution in [2.24, 2.45) is 0 Å². The molecular formula is C18H18Na3P. The van der Waals surface area contributed by atoms with Crippen LogP contribution in [0.25, 0.3) is 0 Å². The van der Waals surface area contributed by atoms with Gasteiger partial charge in [0, 0.05) is 0 Å². The van der Waals surface area contributed by atoms with E-state index in [1.165, 1.54) is 15.9 Å². The van der Waals surface area contributed by atoms with Gasteiger partial charge in [0.15, 0.2) is 0 Å². The molecule has 0 aliphatic carbocycles. The van der Waals surface area contributed by atoms with Gasteiger partial charge in [-0.1, -0.05) is 91.0 Å². The van der Waals surface area contributed by atoms with E-state index in [9.17, 15) is 0 Å². The maximum atomic E-state index is 2.23. The molecule has 0 aliphatic heterocycles. The zero-order valence-corrected chi connectivity index (χ0v) is 20.5. The van der Waals surface area contributed by atoms with Crippen LogP contribution in [0.15, 0.2) is 91.0 Å². The van der Waals surface area contributed by atoms with Crippen molar-refractivity contribution in [1.82, 2.24) is 0 Å². The van der Waals surface area contributed by atoms with Gasteiger partial charge >= 0.3 is 88.7 Å². The Labute approximate surface area is 205 Å². The van der Waals surface area contributed by atoms with Crippen LogP contribution >= 0.6 is 7.92 Å². The minimum absolute atomic E-state index is 0. The quantitative estimate of drug-likeness (QED) is 0.332. The first kappa shape index (κ1) is 23.1. The number of hydrogen-bond acceptors (Lipinski definition) is 0. The molecule has 0 amide bonds. The van der Waals surface area contributed by atoms with Gasteiger partial charge in [0.25, 0.3) is 0 Å². The molecule has 0 fully saturated rings. The second kappa shape index (κ2) is 12.5. The average Bonchev–Trinajstić information content (AvgIpc) is 2.51. The summed E-state index contributed by atoms with van der Waals surface area (Å²) in [5.74, 6) is 0. The predicted octanol–water partition coefficient (Wildman–Crippen LogP) is -5.21. The fraction of sp³-hybridized carbons (Fsp3) is 0. The predicted molar refractivity (Wildman–Crippen MR) is 88.5 cm³/mol. The molecule has 0 saturated carbocycles. The van der Waals surface area contributed by atoms with Gasteiger partial charge in [-0.05, 0) is 23.8 Å². The maximum absolute atomic E-state index is 2.23. The van der Waals surface area contributed by atoms with E-state index in [0.717, 1.165) is 0 Å². The Morgan fingerprint density at radius 2 is 0.636 bits per heavy atom. The monoisotopic (exact) mass is 334 g/mol. The first-order chi connectivity index (χ1) is 9.45. The summed E-state index contributed by atoms with van der Waals surface area (Å²) < 4.78 is 0. The molecule has 98 valence electrons. The van der Waals surface area contributed by atoms with E-state index in [4.69, 9.17) is 0 Å². The molecule has 0 spiro atoms. The van der Waals surface area contributed by atoms with E-state index < -0.39 is 7.92 Å². The van der Waals surface area contributed by atoms with Crippen molar-refractivity contribution in [2.75, 3.05) is 0 Å². The third-order valence-corrected chi connectivity index (χ3v) is 5.49. The largest absolute Gasteiger partial charge is 1.00 e. The van der Waals surface area contributed by atoms with Crippen molar-refractivity contribution in [2.45, 2.75) is 0 Å². The van der Waals surface area contributed by atoms with Crippen LogP contribution in [-0.4, -0.2) is 0 Å². The Kier molecular flexibility index (Phi) is 13.1. The SMILES string of the molecule is [H-].[H-].[H-].[Na+].[Na+].[Na+].c1ccc(P(c2ccccc2)c2ccccc2)cc1. The molecule has 0 unspecified atom stereocenters. The summed E-state index contributed by atoms with van der Waals surface area (Å²) in [4.78, 5) is 0. The van der Waals surface area contributed by atoms with E-state index >= 15 is 0 Å². The molecule has 3 rings (SSSR count). The second-order valence-electron chi connectivity index (χ2n) is 4.34. The Balaban J connectivity index is -0.000000367. The van der Waals surface area contributed by atoms with Crippen LogP contribution in [0.5, 0.6) is 0 Å². The van der Waals surface area contributed by atoms with Crippen LogP contribution in [0, 0.1) is 0 Å². The summed E-state index contributed by atoms with van der Waals surface area (Å²) in [6.45, 7) is 0. The molecule has 3 aromatic carbocycles. The molecule has 4 heteroatoms.